The normalized spacial score (nSPS) is 22.6. The Kier molecular flexibility index (Phi) is 6.81. The molecular weight excluding hydrogens is 410 g/mol. The molecule has 0 aromatic heterocycles. The third-order valence-electron chi connectivity index (χ3n) is 5.91. The summed E-state index contributed by atoms with van der Waals surface area (Å²) >= 11 is 0. The molecule has 1 aliphatic heterocycles. The van der Waals surface area contributed by atoms with Crippen molar-refractivity contribution in [3.63, 3.8) is 0 Å². The van der Waals surface area contributed by atoms with Crippen molar-refractivity contribution in [2.75, 3.05) is 38.1 Å². The Morgan fingerprint density at radius 1 is 1.13 bits per heavy atom. The van der Waals surface area contributed by atoms with Crippen LogP contribution < -0.4 is 14.9 Å². The molecule has 166 valence electrons. The van der Waals surface area contributed by atoms with E-state index in [4.69, 9.17) is 0 Å². The Morgan fingerprint density at radius 2 is 1.77 bits per heavy atom. The Morgan fingerprint density at radius 3 is 2.33 bits per heavy atom. The third kappa shape index (κ3) is 5.01. The lowest BCUT2D eigenvalue weighted by atomic mass is 9.88. The van der Waals surface area contributed by atoms with Gasteiger partial charge in [0.15, 0.2) is 0 Å². The lowest BCUT2D eigenvalue weighted by Crippen LogP contribution is -2.51. The predicted octanol–water partition coefficient (Wildman–Crippen LogP) is 1.91. The number of sulfonamides is 1. The monoisotopic (exact) mass is 439 g/mol. The molecule has 11 heteroatoms. The summed E-state index contributed by atoms with van der Waals surface area (Å²) in [5.74, 6) is 0.593. The van der Waals surface area contributed by atoms with Crippen LogP contribution in [0, 0.1) is 16.0 Å². The number of urea groups is 1. The van der Waals surface area contributed by atoms with E-state index in [1.54, 1.807) is 11.9 Å². The van der Waals surface area contributed by atoms with Crippen molar-refractivity contribution in [2.45, 2.75) is 43.5 Å². The van der Waals surface area contributed by atoms with Crippen LogP contribution in [0.5, 0.6) is 0 Å². The number of piperazine rings is 1. The topological polar surface area (TPSA) is 125 Å². The van der Waals surface area contributed by atoms with Crippen molar-refractivity contribution in [3.05, 3.63) is 28.3 Å². The number of nitro benzene ring substituents is 1. The first kappa shape index (κ1) is 22.3. The molecule has 2 aliphatic rings. The number of amides is 2. The number of benzene rings is 1. The molecule has 1 saturated heterocycles. The van der Waals surface area contributed by atoms with Crippen LogP contribution >= 0.6 is 0 Å². The first-order chi connectivity index (χ1) is 14.2. The molecule has 1 heterocycles. The minimum atomic E-state index is -3.84. The zero-order chi connectivity index (χ0) is 21.9. The minimum Gasteiger partial charge on any atom is -0.362 e. The van der Waals surface area contributed by atoms with Gasteiger partial charge in [0.2, 0.25) is 10.0 Å². The van der Waals surface area contributed by atoms with Gasteiger partial charge in [0.05, 0.1) is 9.82 Å². The minimum absolute atomic E-state index is 0.0967. The van der Waals surface area contributed by atoms with E-state index in [1.165, 1.54) is 12.1 Å². The van der Waals surface area contributed by atoms with Gasteiger partial charge in [-0.3, -0.25) is 10.1 Å². The van der Waals surface area contributed by atoms with Crippen LogP contribution in [0.3, 0.4) is 0 Å². The first-order valence-corrected chi connectivity index (χ1v) is 11.7. The summed E-state index contributed by atoms with van der Waals surface area (Å²) in [5, 5.41) is 14.2. The SMILES string of the molecule is CNC(=O)N1CCN(c2ccc(S(=O)(=O)NC3CCC(C)CC3)cc2[N+](=O)[O-])CC1. The zero-order valence-electron chi connectivity index (χ0n) is 17.3. The van der Waals surface area contributed by atoms with Crippen LogP contribution in [0.4, 0.5) is 16.2 Å². The van der Waals surface area contributed by atoms with Gasteiger partial charge < -0.3 is 15.1 Å². The molecule has 2 N–H and O–H groups in total. The third-order valence-corrected chi connectivity index (χ3v) is 7.43. The second-order valence-electron chi connectivity index (χ2n) is 8.01. The number of carbonyl (C=O) groups excluding carboxylic acids is 1. The lowest BCUT2D eigenvalue weighted by Gasteiger charge is -2.35. The molecular formula is C19H29N5O5S. The van der Waals surface area contributed by atoms with Crippen molar-refractivity contribution in [3.8, 4) is 0 Å². The molecule has 1 aliphatic carbocycles. The van der Waals surface area contributed by atoms with Crippen LogP contribution in [-0.2, 0) is 10.0 Å². The molecule has 2 fully saturated rings. The van der Waals surface area contributed by atoms with E-state index >= 15 is 0 Å². The first-order valence-electron chi connectivity index (χ1n) is 10.2. The van der Waals surface area contributed by atoms with Gasteiger partial charge in [-0.25, -0.2) is 17.9 Å². The van der Waals surface area contributed by atoms with Gasteiger partial charge in [-0.2, -0.15) is 0 Å². The number of anilines is 1. The van der Waals surface area contributed by atoms with E-state index in [0.29, 0.717) is 37.8 Å². The molecule has 3 rings (SSSR count). The maximum absolute atomic E-state index is 12.8. The highest BCUT2D eigenvalue weighted by molar-refractivity contribution is 7.89. The highest BCUT2D eigenvalue weighted by atomic mass is 32.2. The maximum Gasteiger partial charge on any atom is 0.317 e. The van der Waals surface area contributed by atoms with E-state index in [1.807, 2.05) is 4.90 Å². The van der Waals surface area contributed by atoms with Gasteiger partial charge in [-0.1, -0.05) is 6.92 Å². The van der Waals surface area contributed by atoms with Crippen LogP contribution in [0.15, 0.2) is 23.1 Å². The van der Waals surface area contributed by atoms with E-state index in [0.717, 1.165) is 31.7 Å². The van der Waals surface area contributed by atoms with E-state index in [-0.39, 0.29) is 22.7 Å². The summed E-state index contributed by atoms with van der Waals surface area (Å²) in [4.78, 5) is 26.2. The fourth-order valence-electron chi connectivity index (χ4n) is 4.06. The smallest absolute Gasteiger partial charge is 0.317 e. The van der Waals surface area contributed by atoms with Crippen LogP contribution in [-0.4, -0.2) is 63.5 Å². The Bertz CT molecular complexity index is 891. The second kappa shape index (κ2) is 9.17. The lowest BCUT2D eigenvalue weighted by molar-refractivity contribution is -0.384. The van der Waals surface area contributed by atoms with Gasteiger partial charge in [0, 0.05) is 45.3 Å². The quantitative estimate of drug-likeness (QED) is 0.533. The molecule has 0 atom stereocenters. The van der Waals surface area contributed by atoms with Crippen molar-refractivity contribution in [2.24, 2.45) is 5.92 Å². The molecule has 1 aromatic rings. The standard InChI is InChI=1S/C19H29N5O5S/c1-14-3-5-15(6-4-14)21-30(28,29)16-7-8-17(18(13-16)24(26)27)22-9-11-23(12-10-22)19(25)20-2/h7-8,13-15,21H,3-6,9-12H2,1-2H3,(H,20,25). The summed E-state index contributed by atoms with van der Waals surface area (Å²) in [7, 11) is -2.28. The number of rotatable bonds is 5. The Labute approximate surface area is 176 Å². The number of hydrogen-bond acceptors (Lipinski definition) is 6. The van der Waals surface area contributed by atoms with Crippen molar-refractivity contribution in [1.29, 1.82) is 0 Å². The number of nitro groups is 1. The second-order valence-corrected chi connectivity index (χ2v) is 9.73. The van der Waals surface area contributed by atoms with Gasteiger partial charge in [0.25, 0.3) is 5.69 Å². The van der Waals surface area contributed by atoms with Crippen LogP contribution in [0.2, 0.25) is 0 Å². The van der Waals surface area contributed by atoms with E-state index in [2.05, 4.69) is 17.0 Å². The molecule has 0 unspecified atom stereocenters. The highest BCUT2D eigenvalue weighted by Crippen LogP contribution is 2.32. The summed E-state index contributed by atoms with van der Waals surface area (Å²) in [6.07, 6.45) is 3.48. The van der Waals surface area contributed by atoms with Gasteiger partial charge in [-0.05, 0) is 43.7 Å². The Hall–Kier alpha value is -2.40. The number of nitrogens with zero attached hydrogens (tertiary/aromatic N) is 3. The van der Waals surface area contributed by atoms with Crippen LogP contribution in [0.25, 0.3) is 0 Å². The number of hydrogen-bond donors (Lipinski definition) is 2. The van der Waals surface area contributed by atoms with Gasteiger partial charge in [0.1, 0.15) is 5.69 Å². The summed E-state index contributed by atoms with van der Waals surface area (Å²) < 4.78 is 28.3. The number of carbonyl (C=O) groups is 1. The van der Waals surface area contributed by atoms with Crippen molar-refractivity contribution in [1.82, 2.24) is 14.9 Å². The zero-order valence-corrected chi connectivity index (χ0v) is 18.2. The van der Waals surface area contributed by atoms with Crippen molar-refractivity contribution < 1.29 is 18.1 Å². The van der Waals surface area contributed by atoms with Crippen molar-refractivity contribution >= 4 is 27.4 Å². The summed E-state index contributed by atoms with van der Waals surface area (Å²) in [6, 6.07) is 3.72. The highest BCUT2D eigenvalue weighted by Gasteiger charge is 2.29. The summed E-state index contributed by atoms with van der Waals surface area (Å²) in [5.41, 5.74) is 0.116. The average Bonchev–Trinajstić information content (AvgIpc) is 2.74. The molecule has 0 bridgehead atoms. The summed E-state index contributed by atoms with van der Waals surface area (Å²) in [6.45, 7) is 3.87. The van der Waals surface area contributed by atoms with Gasteiger partial charge in [-0.15, -0.1) is 0 Å². The molecule has 2 amide bonds. The fourth-order valence-corrected chi connectivity index (χ4v) is 5.38. The number of nitrogens with one attached hydrogen (secondary N) is 2. The predicted molar refractivity (Wildman–Crippen MR) is 113 cm³/mol. The van der Waals surface area contributed by atoms with Gasteiger partial charge >= 0.3 is 6.03 Å². The molecule has 1 aromatic carbocycles. The fraction of sp³-hybridized carbons (Fsp3) is 0.632. The molecule has 0 radical (unpaired) electrons. The molecule has 30 heavy (non-hydrogen) atoms. The van der Waals surface area contributed by atoms with E-state index in [9.17, 15) is 23.3 Å². The molecule has 1 saturated carbocycles. The average molecular weight is 440 g/mol. The Balaban J connectivity index is 1.77. The van der Waals surface area contributed by atoms with Crippen LogP contribution in [0.1, 0.15) is 32.6 Å². The maximum atomic E-state index is 12.8. The molecule has 10 nitrogen and oxygen atoms in total. The molecule has 0 spiro atoms. The largest absolute Gasteiger partial charge is 0.362 e. The van der Waals surface area contributed by atoms with E-state index < -0.39 is 14.9 Å².